The lowest BCUT2D eigenvalue weighted by molar-refractivity contribution is -0.268. The number of anilines is 1. The van der Waals surface area contributed by atoms with E-state index in [0.717, 1.165) is 38.6 Å². The third-order valence-corrected chi connectivity index (χ3v) is 7.61. The third kappa shape index (κ3) is 7.45. The van der Waals surface area contributed by atoms with E-state index in [1.54, 1.807) is 11.8 Å². The Labute approximate surface area is 227 Å². The molecule has 0 aliphatic carbocycles. The molecule has 1 heterocycles. The van der Waals surface area contributed by atoms with Gasteiger partial charge in [-0.15, -0.1) is 11.8 Å². The molecule has 4 atom stereocenters. The van der Waals surface area contributed by atoms with Gasteiger partial charge in [-0.1, -0.05) is 55.5 Å². The van der Waals surface area contributed by atoms with E-state index < -0.39 is 6.29 Å². The monoisotopic (exact) mass is 534 g/mol. The van der Waals surface area contributed by atoms with Gasteiger partial charge in [0.05, 0.1) is 18.8 Å². The Kier molecular flexibility index (Phi) is 9.58. The van der Waals surface area contributed by atoms with E-state index in [9.17, 15) is 14.7 Å². The van der Waals surface area contributed by atoms with Crippen LogP contribution >= 0.6 is 11.8 Å². The predicted octanol–water partition coefficient (Wildman–Crippen LogP) is 5.36. The molecule has 0 radical (unpaired) electrons. The lowest BCUT2D eigenvalue weighted by Crippen LogP contribution is -2.38. The average Bonchev–Trinajstić information content (AvgIpc) is 2.92. The SMILES string of the molecule is CC(=O)NCc1ccc([C@H]2O[C@@H](CSc3ccc(NC(C)=O)cc3)[C@@H](C)[C@@H](c3ccc(CO)cc3)O2)cc1. The molecule has 3 aromatic carbocycles. The van der Waals surface area contributed by atoms with Gasteiger partial charge in [-0.2, -0.15) is 0 Å². The van der Waals surface area contributed by atoms with Crippen LogP contribution in [0.25, 0.3) is 0 Å². The molecule has 0 saturated carbocycles. The van der Waals surface area contributed by atoms with Crippen molar-refractivity contribution in [1.29, 1.82) is 0 Å². The fourth-order valence-corrected chi connectivity index (χ4v) is 5.41. The molecule has 1 aliphatic heterocycles. The molecule has 1 saturated heterocycles. The van der Waals surface area contributed by atoms with E-state index in [-0.39, 0.29) is 36.5 Å². The van der Waals surface area contributed by atoms with Gasteiger partial charge in [-0.25, -0.2) is 0 Å². The van der Waals surface area contributed by atoms with Gasteiger partial charge in [0, 0.05) is 48.2 Å². The summed E-state index contributed by atoms with van der Waals surface area (Å²) < 4.78 is 13.0. The number of aliphatic hydroxyl groups excluding tert-OH is 1. The summed E-state index contributed by atoms with van der Waals surface area (Å²) in [6, 6.07) is 23.6. The van der Waals surface area contributed by atoms with E-state index in [4.69, 9.17) is 9.47 Å². The smallest absolute Gasteiger partial charge is 0.221 e. The number of hydrogen-bond donors (Lipinski definition) is 3. The number of hydrogen-bond acceptors (Lipinski definition) is 6. The zero-order valence-corrected chi connectivity index (χ0v) is 22.7. The second-order valence-corrected chi connectivity index (χ2v) is 10.6. The van der Waals surface area contributed by atoms with Crippen LogP contribution in [0.5, 0.6) is 0 Å². The molecular weight excluding hydrogens is 500 g/mol. The summed E-state index contributed by atoms with van der Waals surface area (Å²) in [6.07, 6.45) is -0.820. The van der Waals surface area contributed by atoms with Crippen LogP contribution in [0.1, 0.15) is 55.4 Å². The zero-order valence-electron chi connectivity index (χ0n) is 21.8. The third-order valence-electron chi connectivity index (χ3n) is 6.51. The Balaban J connectivity index is 1.51. The normalized spacial score (nSPS) is 21.1. The van der Waals surface area contributed by atoms with E-state index in [2.05, 4.69) is 17.6 Å². The lowest BCUT2D eigenvalue weighted by Gasteiger charge is -2.41. The van der Waals surface area contributed by atoms with Crippen molar-refractivity contribution < 1.29 is 24.2 Å². The first-order chi connectivity index (χ1) is 18.3. The predicted molar refractivity (Wildman–Crippen MR) is 148 cm³/mol. The first-order valence-electron chi connectivity index (χ1n) is 12.7. The van der Waals surface area contributed by atoms with Crippen molar-refractivity contribution >= 4 is 29.3 Å². The van der Waals surface area contributed by atoms with Crippen molar-refractivity contribution in [3.05, 3.63) is 95.1 Å². The van der Waals surface area contributed by atoms with Crippen LogP contribution in [-0.2, 0) is 32.2 Å². The average molecular weight is 535 g/mol. The molecule has 3 aromatic rings. The van der Waals surface area contributed by atoms with E-state index in [1.165, 1.54) is 13.8 Å². The molecule has 1 fully saturated rings. The molecular formula is C30H34N2O5S. The van der Waals surface area contributed by atoms with Crippen LogP contribution in [0, 0.1) is 5.92 Å². The number of aliphatic hydroxyl groups is 1. The Hall–Kier alpha value is -3.17. The maximum absolute atomic E-state index is 11.3. The number of amides is 2. The summed E-state index contributed by atoms with van der Waals surface area (Å²) in [4.78, 5) is 23.6. The first-order valence-corrected chi connectivity index (χ1v) is 13.7. The van der Waals surface area contributed by atoms with Gasteiger partial charge < -0.3 is 25.2 Å². The summed E-state index contributed by atoms with van der Waals surface area (Å²) in [5, 5.41) is 15.1. The second kappa shape index (κ2) is 13.1. The Morgan fingerprint density at radius 1 is 0.842 bits per heavy atom. The lowest BCUT2D eigenvalue weighted by atomic mass is 9.91. The van der Waals surface area contributed by atoms with Crippen molar-refractivity contribution in [3.8, 4) is 0 Å². The zero-order chi connectivity index (χ0) is 27.1. The maximum Gasteiger partial charge on any atom is 0.221 e. The summed E-state index contributed by atoms with van der Waals surface area (Å²) in [7, 11) is 0. The molecule has 1 aliphatic rings. The van der Waals surface area contributed by atoms with Gasteiger partial charge in [-0.3, -0.25) is 9.59 Å². The number of ether oxygens (including phenoxy) is 2. The highest BCUT2D eigenvalue weighted by Gasteiger charge is 2.38. The quantitative estimate of drug-likeness (QED) is 0.320. The highest BCUT2D eigenvalue weighted by Crippen LogP contribution is 2.43. The minimum absolute atomic E-state index is 0.00206. The Morgan fingerprint density at radius 3 is 2.08 bits per heavy atom. The number of benzene rings is 3. The minimum atomic E-state index is -0.545. The fourth-order valence-electron chi connectivity index (χ4n) is 4.35. The van der Waals surface area contributed by atoms with Crippen LogP contribution in [0.15, 0.2) is 77.7 Å². The maximum atomic E-state index is 11.3. The van der Waals surface area contributed by atoms with E-state index in [1.807, 2.05) is 72.8 Å². The van der Waals surface area contributed by atoms with Crippen molar-refractivity contribution in [2.75, 3.05) is 11.1 Å². The number of carbonyl (C=O) groups excluding carboxylic acids is 2. The summed E-state index contributed by atoms with van der Waals surface area (Å²) in [5.41, 5.74) is 4.58. The van der Waals surface area contributed by atoms with E-state index in [0.29, 0.717) is 6.54 Å². The topological polar surface area (TPSA) is 96.9 Å². The largest absolute Gasteiger partial charge is 0.392 e. The molecule has 4 rings (SSSR count). The summed E-state index contributed by atoms with van der Waals surface area (Å²) >= 11 is 1.70. The first kappa shape index (κ1) is 27.9. The Morgan fingerprint density at radius 2 is 1.47 bits per heavy atom. The van der Waals surface area contributed by atoms with E-state index >= 15 is 0 Å². The van der Waals surface area contributed by atoms with Gasteiger partial charge in [0.1, 0.15) is 0 Å². The molecule has 200 valence electrons. The fraction of sp³-hybridized carbons (Fsp3) is 0.333. The Bertz CT molecular complexity index is 1210. The molecule has 0 unspecified atom stereocenters. The molecule has 7 nitrogen and oxygen atoms in total. The summed E-state index contributed by atoms with van der Waals surface area (Å²) in [6.45, 7) is 5.61. The van der Waals surface area contributed by atoms with Crippen LogP contribution in [0.2, 0.25) is 0 Å². The molecule has 2 amide bonds. The summed E-state index contributed by atoms with van der Waals surface area (Å²) in [5.74, 6) is 0.646. The molecule has 0 aromatic heterocycles. The van der Waals surface area contributed by atoms with Crippen LogP contribution in [-0.4, -0.2) is 28.8 Å². The molecule has 8 heteroatoms. The number of rotatable bonds is 9. The van der Waals surface area contributed by atoms with Crippen LogP contribution < -0.4 is 10.6 Å². The van der Waals surface area contributed by atoms with Gasteiger partial charge in [0.2, 0.25) is 11.8 Å². The molecule has 0 spiro atoms. The molecule has 3 N–H and O–H groups in total. The second-order valence-electron chi connectivity index (χ2n) is 9.49. The molecule has 0 bridgehead atoms. The van der Waals surface area contributed by atoms with Crippen molar-refractivity contribution in [3.63, 3.8) is 0 Å². The number of carbonyl (C=O) groups is 2. The van der Waals surface area contributed by atoms with Gasteiger partial charge in [-0.05, 0) is 41.0 Å². The van der Waals surface area contributed by atoms with Gasteiger partial charge >= 0.3 is 0 Å². The van der Waals surface area contributed by atoms with Crippen molar-refractivity contribution in [2.45, 2.75) is 57.3 Å². The molecule has 38 heavy (non-hydrogen) atoms. The highest BCUT2D eigenvalue weighted by atomic mass is 32.2. The van der Waals surface area contributed by atoms with Crippen molar-refractivity contribution in [1.82, 2.24) is 5.32 Å². The van der Waals surface area contributed by atoms with Gasteiger partial charge in [0.25, 0.3) is 0 Å². The van der Waals surface area contributed by atoms with Crippen LogP contribution in [0.3, 0.4) is 0 Å². The number of nitrogens with one attached hydrogen (secondary N) is 2. The van der Waals surface area contributed by atoms with Crippen LogP contribution in [0.4, 0.5) is 5.69 Å². The number of thioether (sulfide) groups is 1. The van der Waals surface area contributed by atoms with Crippen molar-refractivity contribution in [2.24, 2.45) is 5.92 Å². The highest BCUT2D eigenvalue weighted by molar-refractivity contribution is 7.99. The minimum Gasteiger partial charge on any atom is -0.392 e. The standard InChI is InChI=1S/C30H34N2O5S/c1-19-28(18-38-27-14-12-26(13-15-27)32-21(3)35)36-30(25-10-4-22(5-11-25)16-31-20(2)34)37-29(19)24-8-6-23(17-33)7-9-24/h4-15,19,28-30,33H,16-18H2,1-3H3,(H,31,34)(H,32,35)/t19-,28+,29+,30+/m1/s1. The van der Waals surface area contributed by atoms with Gasteiger partial charge in [0.15, 0.2) is 6.29 Å².